The van der Waals surface area contributed by atoms with Gasteiger partial charge in [-0.1, -0.05) is 38.8 Å². The van der Waals surface area contributed by atoms with E-state index in [-0.39, 0.29) is 5.91 Å². The molecule has 2 rings (SSSR count). The van der Waals surface area contributed by atoms with Crippen LogP contribution < -0.4 is 16.0 Å². The summed E-state index contributed by atoms with van der Waals surface area (Å²) < 4.78 is 0. The highest BCUT2D eigenvalue weighted by Crippen LogP contribution is 2.40. The van der Waals surface area contributed by atoms with E-state index in [1.165, 1.54) is 32.1 Å². The number of hydrogen-bond acceptors (Lipinski definition) is 2. The van der Waals surface area contributed by atoms with Gasteiger partial charge >= 0.3 is 0 Å². The van der Waals surface area contributed by atoms with Gasteiger partial charge in [0, 0.05) is 32.2 Å². The normalized spacial score (nSPS) is 16.3. The van der Waals surface area contributed by atoms with Crippen LogP contribution in [0, 0.1) is 5.41 Å². The second-order valence-electron chi connectivity index (χ2n) is 7.30. The fraction of sp³-hybridized carbons (Fsp3) is 0.619. The van der Waals surface area contributed by atoms with E-state index >= 15 is 0 Å². The summed E-state index contributed by atoms with van der Waals surface area (Å²) in [6.07, 6.45) is 7.45. The van der Waals surface area contributed by atoms with Crippen LogP contribution in [-0.2, 0) is 6.54 Å². The molecule has 0 unspecified atom stereocenters. The minimum Gasteiger partial charge on any atom is -0.356 e. The third-order valence-corrected chi connectivity index (χ3v) is 5.45. The van der Waals surface area contributed by atoms with Crippen molar-refractivity contribution in [2.45, 2.75) is 58.9 Å². The first-order valence-corrected chi connectivity index (χ1v) is 9.94. The molecule has 1 fully saturated rings. The van der Waals surface area contributed by atoms with E-state index in [4.69, 9.17) is 0 Å². The number of carbonyl (C=O) groups is 1. The lowest BCUT2D eigenvalue weighted by atomic mass is 9.83. The Morgan fingerprint density at radius 2 is 1.92 bits per heavy atom. The molecular weight excluding hydrogens is 324 g/mol. The quantitative estimate of drug-likeness (QED) is 0.492. The van der Waals surface area contributed by atoms with Gasteiger partial charge in [0.2, 0.25) is 0 Å². The predicted molar refractivity (Wildman–Crippen MR) is 108 cm³/mol. The van der Waals surface area contributed by atoms with E-state index in [0.29, 0.717) is 24.1 Å². The van der Waals surface area contributed by atoms with Crippen molar-refractivity contribution in [3.8, 4) is 0 Å². The Labute approximate surface area is 158 Å². The van der Waals surface area contributed by atoms with E-state index in [2.05, 4.69) is 27.9 Å². The molecule has 0 aromatic heterocycles. The molecule has 1 amide bonds. The van der Waals surface area contributed by atoms with Crippen molar-refractivity contribution in [1.29, 1.82) is 0 Å². The first-order valence-electron chi connectivity index (χ1n) is 9.94. The van der Waals surface area contributed by atoms with Crippen LogP contribution in [0.3, 0.4) is 0 Å². The van der Waals surface area contributed by atoms with Crippen LogP contribution >= 0.6 is 0 Å². The number of benzene rings is 1. The second-order valence-corrected chi connectivity index (χ2v) is 7.30. The lowest BCUT2D eigenvalue weighted by Crippen LogP contribution is -2.42. The molecule has 144 valence electrons. The molecule has 26 heavy (non-hydrogen) atoms. The Bertz CT molecular complexity index is 606. The molecule has 0 saturated heterocycles. The number of amides is 1. The molecule has 1 aromatic rings. The van der Waals surface area contributed by atoms with E-state index < -0.39 is 0 Å². The van der Waals surface area contributed by atoms with Gasteiger partial charge in [0.1, 0.15) is 0 Å². The summed E-state index contributed by atoms with van der Waals surface area (Å²) in [7, 11) is 1.80. The van der Waals surface area contributed by atoms with Gasteiger partial charge in [-0.05, 0) is 48.8 Å². The number of nitrogens with zero attached hydrogens (tertiary/aromatic N) is 1. The van der Waals surface area contributed by atoms with Gasteiger partial charge in [-0.2, -0.15) is 0 Å². The van der Waals surface area contributed by atoms with Gasteiger partial charge in [-0.25, -0.2) is 0 Å². The lowest BCUT2D eigenvalue weighted by molar-refractivity contribution is 0.0953. The average molecular weight is 359 g/mol. The Kier molecular flexibility index (Phi) is 7.95. The number of aliphatic imine (C=N–C) groups is 1. The Balaban J connectivity index is 1.87. The van der Waals surface area contributed by atoms with E-state index in [9.17, 15) is 4.79 Å². The highest BCUT2D eigenvalue weighted by Gasteiger charge is 2.31. The number of carbonyl (C=O) groups excluding carboxylic acids is 1. The van der Waals surface area contributed by atoms with Crippen molar-refractivity contribution < 1.29 is 4.79 Å². The summed E-state index contributed by atoms with van der Waals surface area (Å²) in [5, 5.41) is 9.78. The van der Waals surface area contributed by atoms with Gasteiger partial charge in [-0.3, -0.25) is 9.79 Å². The first-order chi connectivity index (χ1) is 12.6. The average Bonchev–Trinajstić information content (AvgIpc) is 3.16. The van der Waals surface area contributed by atoms with Crippen molar-refractivity contribution in [3.05, 3.63) is 35.4 Å². The van der Waals surface area contributed by atoms with Gasteiger partial charge < -0.3 is 16.0 Å². The van der Waals surface area contributed by atoms with Crippen molar-refractivity contribution in [2.24, 2.45) is 10.4 Å². The van der Waals surface area contributed by atoms with E-state index in [1.54, 1.807) is 7.05 Å². The molecule has 1 aliphatic rings. The van der Waals surface area contributed by atoms with Crippen LogP contribution in [-0.4, -0.2) is 32.0 Å². The van der Waals surface area contributed by atoms with Crippen LogP contribution in [0.4, 0.5) is 0 Å². The Morgan fingerprint density at radius 3 is 2.58 bits per heavy atom. The second kappa shape index (κ2) is 10.2. The van der Waals surface area contributed by atoms with Crippen LogP contribution in [0.15, 0.2) is 29.3 Å². The van der Waals surface area contributed by atoms with Crippen molar-refractivity contribution in [1.82, 2.24) is 16.0 Å². The minimum atomic E-state index is -0.0117. The summed E-state index contributed by atoms with van der Waals surface area (Å²) >= 11 is 0. The van der Waals surface area contributed by atoms with Gasteiger partial charge in [0.25, 0.3) is 5.91 Å². The number of hydrogen-bond donors (Lipinski definition) is 3. The maximum absolute atomic E-state index is 12.1. The van der Waals surface area contributed by atoms with Gasteiger partial charge in [-0.15, -0.1) is 0 Å². The highest BCUT2D eigenvalue weighted by atomic mass is 16.1. The molecule has 1 aromatic carbocycles. The zero-order valence-electron chi connectivity index (χ0n) is 16.5. The fourth-order valence-corrected chi connectivity index (χ4v) is 3.62. The summed E-state index contributed by atoms with van der Waals surface area (Å²) in [5.74, 6) is 0.813. The third-order valence-electron chi connectivity index (χ3n) is 5.45. The highest BCUT2D eigenvalue weighted by molar-refractivity contribution is 5.94. The standard InChI is InChI=1S/C21H34N4O/c1-4-13-23-19(26)18-10-8-9-17(14-18)15-24-20(22-3)25-16-21(5-2)11-6-7-12-21/h8-10,14H,4-7,11-13,15-16H2,1-3H3,(H,23,26)(H2,22,24,25). The molecule has 0 atom stereocenters. The topological polar surface area (TPSA) is 65.5 Å². The van der Waals surface area contributed by atoms with Gasteiger partial charge in [0.05, 0.1) is 0 Å². The number of nitrogens with one attached hydrogen (secondary N) is 3. The van der Waals surface area contributed by atoms with Crippen molar-refractivity contribution in [3.63, 3.8) is 0 Å². The molecule has 0 heterocycles. The minimum absolute atomic E-state index is 0.0117. The fourth-order valence-electron chi connectivity index (χ4n) is 3.62. The third kappa shape index (κ3) is 5.75. The van der Waals surface area contributed by atoms with Crippen LogP contribution in [0.2, 0.25) is 0 Å². The molecule has 0 aliphatic heterocycles. The monoisotopic (exact) mass is 358 g/mol. The van der Waals surface area contributed by atoms with E-state index in [0.717, 1.165) is 24.5 Å². The molecule has 1 aliphatic carbocycles. The SMILES string of the molecule is CCCNC(=O)c1cccc(CNC(=NC)NCC2(CC)CCCC2)c1. The molecule has 1 saturated carbocycles. The number of rotatable bonds is 8. The molecule has 0 spiro atoms. The Hall–Kier alpha value is -2.04. The Morgan fingerprint density at radius 1 is 1.15 bits per heavy atom. The van der Waals surface area contributed by atoms with Crippen LogP contribution in [0.5, 0.6) is 0 Å². The smallest absolute Gasteiger partial charge is 0.251 e. The predicted octanol–water partition coefficient (Wildman–Crippen LogP) is 3.46. The van der Waals surface area contributed by atoms with Gasteiger partial charge in [0.15, 0.2) is 5.96 Å². The molecule has 5 nitrogen and oxygen atoms in total. The summed E-state index contributed by atoms with van der Waals surface area (Å²) in [6.45, 7) is 6.67. The maximum Gasteiger partial charge on any atom is 0.251 e. The summed E-state index contributed by atoms with van der Waals surface area (Å²) in [5.41, 5.74) is 2.20. The number of guanidine groups is 1. The van der Waals surface area contributed by atoms with E-state index in [1.807, 2.05) is 31.2 Å². The summed E-state index contributed by atoms with van der Waals surface area (Å²) in [4.78, 5) is 16.4. The summed E-state index contributed by atoms with van der Waals surface area (Å²) in [6, 6.07) is 7.75. The van der Waals surface area contributed by atoms with Crippen LogP contribution in [0.25, 0.3) is 0 Å². The van der Waals surface area contributed by atoms with Crippen molar-refractivity contribution in [2.75, 3.05) is 20.1 Å². The molecule has 0 bridgehead atoms. The maximum atomic E-state index is 12.1. The largest absolute Gasteiger partial charge is 0.356 e. The van der Waals surface area contributed by atoms with Crippen molar-refractivity contribution >= 4 is 11.9 Å². The molecule has 3 N–H and O–H groups in total. The zero-order chi connectivity index (χ0) is 18.8. The first kappa shape index (κ1) is 20.3. The molecule has 0 radical (unpaired) electrons. The van der Waals surface area contributed by atoms with Crippen LogP contribution in [0.1, 0.15) is 68.3 Å². The molecular formula is C21H34N4O. The molecule has 5 heteroatoms. The lowest BCUT2D eigenvalue weighted by Gasteiger charge is -2.28. The zero-order valence-corrected chi connectivity index (χ0v) is 16.5.